The molecule has 0 saturated carbocycles. The topological polar surface area (TPSA) is 46.5 Å². The summed E-state index contributed by atoms with van der Waals surface area (Å²) in [5.74, 6) is -0.302. The Hall–Kier alpha value is -1.09. The summed E-state index contributed by atoms with van der Waals surface area (Å²) < 4.78 is 4.77. The number of carbonyl (C=O) groups excluding carboxylic acids is 1. The van der Waals surface area contributed by atoms with Crippen molar-refractivity contribution in [3.05, 3.63) is 24.0 Å². The van der Waals surface area contributed by atoms with Gasteiger partial charge in [-0.25, -0.2) is 4.79 Å². The summed E-state index contributed by atoms with van der Waals surface area (Å²) in [7, 11) is 0. The molecule has 0 radical (unpaired) electrons. The van der Waals surface area contributed by atoms with E-state index >= 15 is 0 Å². The first-order valence-corrected chi connectivity index (χ1v) is 7.46. The van der Waals surface area contributed by atoms with E-state index in [4.69, 9.17) is 4.74 Å². The van der Waals surface area contributed by atoms with Crippen molar-refractivity contribution >= 4 is 5.97 Å². The van der Waals surface area contributed by atoms with Crippen LogP contribution in [0.5, 0.6) is 0 Å². The maximum atomic E-state index is 11.4. The van der Waals surface area contributed by atoms with Gasteiger partial charge in [-0.15, -0.1) is 0 Å². The van der Waals surface area contributed by atoms with Crippen molar-refractivity contribution in [1.29, 1.82) is 0 Å². The van der Waals surface area contributed by atoms with E-state index in [0.717, 1.165) is 12.8 Å². The smallest absolute Gasteiger partial charge is 0.341 e. The van der Waals surface area contributed by atoms with Crippen molar-refractivity contribution in [3.63, 3.8) is 0 Å². The lowest BCUT2D eigenvalue weighted by Gasteiger charge is -2.01. The summed E-state index contributed by atoms with van der Waals surface area (Å²) in [6.45, 7) is 5.72. The summed E-state index contributed by atoms with van der Waals surface area (Å²) in [6.07, 6.45) is 11.8. The molecule has 1 rings (SSSR count). The zero-order valence-corrected chi connectivity index (χ0v) is 12.0. The van der Waals surface area contributed by atoms with E-state index in [0.29, 0.717) is 5.57 Å². The molecule has 0 unspecified atom stereocenters. The van der Waals surface area contributed by atoms with E-state index in [1.807, 2.05) is 0 Å². The van der Waals surface area contributed by atoms with Crippen molar-refractivity contribution in [2.75, 3.05) is 0 Å². The first kappa shape index (κ1) is 16.0. The Morgan fingerprint density at radius 2 is 1.74 bits per heavy atom. The number of hydrogen-bond donors (Lipinski definition) is 1. The van der Waals surface area contributed by atoms with Gasteiger partial charge in [-0.1, -0.05) is 64.5 Å². The first-order chi connectivity index (χ1) is 9.16. The van der Waals surface area contributed by atoms with Crippen molar-refractivity contribution in [2.45, 2.75) is 70.8 Å². The van der Waals surface area contributed by atoms with Crippen molar-refractivity contribution in [3.8, 4) is 0 Å². The monoisotopic (exact) mass is 266 g/mol. The van der Waals surface area contributed by atoms with Gasteiger partial charge in [0.25, 0.3) is 0 Å². The molecular formula is C16H26O3. The van der Waals surface area contributed by atoms with Gasteiger partial charge in [-0.2, -0.15) is 0 Å². The Kier molecular flexibility index (Phi) is 7.49. The predicted octanol–water partition coefficient (Wildman–Crippen LogP) is 3.88. The summed E-state index contributed by atoms with van der Waals surface area (Å²) in [6, 6.07) is 0. The third-order valence-electron chi connectivity index (χ3n) is 3.48. The summed E-state index contributed by atoms with van der Waals surface area (Å²) in [5, 5.41) is 9.64. The number of cyclic esters (lactones) is 1. The Balaban J connectivity index is 2.07. The Bertz CT molecular complexity index is 331. The molecule has 1 aliphatic heterocycles. The standard InChI is InChI=1S/C16H26O3/c1-3-4-5-6-7-8-9-10-11-12-14-15(17)13(2)19-16(14)18/h12,15,17H,2-11H2,1H3/b14-12-/t15-/m0/s1. The minimum absolute atomic E-state index is 0.146. The first-order valence-electron chi connectivity index (χ1n) is 7.46. The Labute approximate surface area is 116 Å². The molecule has 1 fully saturated rings. The van der Waals surface area contributed by atoms with Gasteiger partial charge < -0.3 is 9.84 Å². The molecule has 1 heterocycles. The molecule has 0 spiro atoms. The number of carbonyl (C=O) groups is 1. The van der Waals surface area contributed by atoms with Crippen molar-refractivity contribution < 1.29 is 14.6 Å². The third kappa shape index (κ3) is 5.60. The predicted molar refractivity (Wildman–Crippen MR) is 76.5 cm³/mol. The summed E-state index contributed by atoms with van der Waals surface area (Å²) >= 11 is 0. The Morgan fingerprint density at radius 1 is 1.16 bits per heavy atom. The van der Waals surface area contributed by atoms with Crippen LogP contribution in [0.2, 0.25) is 0 Å². The molecule has 0 aromatic carbocycles. The molecule has 108 valence electrons. The third-order valence-corrected chi connectivity index (χ3v) is 3.48. The van der Waals surface area contributed by atoms with E-state index in [2.05, 4.69) is 13.5 Å². The molecule has 1 aliphatic rings. The van der Waals surface area contributed by atoms with Gasteiger partial charge in [0.05, 0.1) is 5.57 Å². The molecule has 0 aromatic rings. The molecule has 3 nitrogen and oxygen atoms in total. The molecule has 1 saturated heterocycles. The molecule has 1 N–H and O–H groups in total. The van der Waals surface area contributed by atoms with E-state index in [-0.39, 0.29) is 5.76 Å². The van der Waals surface area contributed by atoms with Crippen LogP contribution in [-0.2, 0) is 9.53 Å². The molecule has 19 heavy (non-hydrogen) atoms. The fourth-order valence-electron chi connectivity index (χ4n) is 2.25. The molecular weight excluding hydrogens is 240 g/mol. The SMILES string of the molecule is C=C1OC(=O)/C(=C\CCCCCCCCCC)[C@H]1O. The van der Waals surface area contributed by atoms with Gasteiger partial charge in [0.2, 0.25) is 0 Å². The number of unbranched alkanes of at least 4 members (excludes halogenated alkanes) is 8. The van der Waals surface area contributed by atoms with E-state index in [1.54, 1.807) is 6.08 Å². The van der Waals surface area contributed by atoms with Crippen LogP contribution in [0.15, 0.2) is 24.0 Å². The van der Waals surface area contributed by atoms with E-state index in [1.165, 1.54) is 44.9 Å². The van der Waals surface area contributed by atoms with Crippen molar-refractivity contribution in [2.24, 2.45) is 0 Å². The van der Waals surface area contributed by atoms with Crippen LogP contribution in [0, 0.1) is 0 Å². The molecule has 3 heteroatoms. The number of esters is 1. The maximum absolute atomic E-state index is 11.4. The second-order valence-corrected chi connectivity index (χ2v) is 5.18. The highest BCUT2D eigenvalue weighted by Gasteiger charge is 2.32. The molecule has 0 aliphatic carbocycles. The molecule has 1 atom stereocenters. The summed E-state index contributed by atoms with van der Waals surface area (Å²) in [4.78, 5) is 11.4. The van der Waals surface area contributed by atoms with Crippen LogP contribution in [0.3, 0.4) is 0 Å². The lowest BCUT2D eigenvalue weighted by molar-refractivity contribution is -0.132. The summed E-state index contributed by atoms with van der Waals surface area (Å²) in [5.41, 5.74) is 0.355. The lowest BCUT2D eigenvalue weighted by Crippen LogP contribution is -2.07. The normalized spacial score (nSPS) is 21.2. The van der Waals surface area contributed by atoms with Crippen LogP contribution in [0.1, 0.15) is 64.7 Å². The molecule has 0 bridgehead atoms. The van der Waals surface area contributed by atoms with E-state index < -0.39 is 12.1 Å². The number of hydrogen-bond acceptors (Lipinski definition) is 3. The van der Waals surface area contributed by atoms with E-state index in [9.17, 15) is 9.90 Å². The zero-order chi connectivity index (χ0) is 14.1. The minimum Gasteiger partial charge on any atom is -0.425 e. The van der Waals surface area contributed by atoms with Crippen LogP contribution in [0.4, 0.5) is 0 Å². The zero-order valence-electron chi connectivity index (χ0n) is 12.0. The van der Waals surface area contributed by atoms with Crippen molar-refractivity contribution in [1.82, 2.24) is 0 Å². The number of ether oxygens (including phenoxy) is 1. The van der Waals surface area contributed by atoms with Gasteiger partial charge in [-0.3, -0.25) is 0 Å². The number of allylic oxidation sites excluding steroid dienone is 1. The highest BCUT2D eigenvalue weighted by Crippen LogP contribution is 2.23. The fourth-order valence-corrected chi connectivity index (χ4v) is 2.25. The average Bonchev–Trinajstić information content (AvgIpc) is 2.63. The van der Waals surface area contributed by atoms with Crippen LogP contribution >= 0.6 is 0 Å². The van der Waals surface area contributed by atoms with Crippen LogP contribution < -0.4 is 0 Å². The fraction of sp³-hybridized carbons (Fsp3) is 0.688. The van der Waals surface area contributed by atoms with Crippen LogP contribution in [0.25, 0.3) is 0 Å². The quantitative estimate of drug-likeness (QED) is 0.391. The molecule has 0 aromatic heterocycles. The number of rotatable bonds is 9. The average molecular weight is 266 g/mol. The highest BCUT2D eigenvalue weighted by atomic mass is 16.6. The largest absolute Gasteiger partial charge is 0.425 e. The number of aliphatic hydroxyl groups excluding tert-OH is 1. The maximum Gasteiger partial charge on any atom is 0.341 e. The van der Waals surface area contributed by atoms with Gasteiger partial charge in [0, 0.05) is 0 Å². The second kappa shape index (κ2) is 8.92. The van der Waals surface area contributed by atoms with Crippen LogP contribution in [-0.4, -0.2) is 17.2 Å². The Morgan fingerprint density at radius 3 is 2.26 bits per heavy atom. The molecule has 0 amide bonds. The number of aliphatic hydroxyl groups is 1. The second-order valence-electron chi connectivity index (χ2n) is 5.18. The van der Waals surface area contributed by atoms with Gasteiger partial charge in [-0.05, 0) is 12.8 Å². The van der Waals surface area contributed by atoms with Gasteiger partial charge in [0.15, 0.2) is 0 Å². The highest BCUT2D eigenvalue weighted by molar-refractivity contribution is 5.93. The lowest BCUT2D eigenvalue weighted by atomic mass is 10.1. The minimum atomic E-state index is -0.929. The van der Waals surface area contributed by atoms with Gasteiger partial charge in [0.1, 0.15) is 11.9 Å². The van der Waals surface area contributed by atoms with Gasteiger partial charge >= 0.3 is 5.97 Å².